The third-order valence-corrected chi connectivity index (χ3v) is 4.94. The largest absolute Gasteiger partial charge is 0.487 e. The van der Waals surface area contributed by atoms with Gasteiger partial charge in [-0.05, 0) is 73.1 Å². The van der Waals surface area contributed by atoms with Gasteiger partial charge in [-0.1, -0.05) is 11.6 Å². The molecule has 0 saturated carbocycles. The van der Waals surface area contributed by atoms with Gasteiger partial charge in [0.05, 0.1) is 16.5 Å². The van der Waals surface area contributed by atoms with Crippen LogP contribution in [0.15, 0.2) is 40.9 Å². The summed E-state index contributed by atoms with van der Waals surface area (Å²) in [5, 5.41) is 3.34. The van der Waals surface area contributed by atoms with E-state index in [4.69, 9.17) is 21.1 Å². The minimum Gasteiger partial charge on any atom is -0.487 e. The number of benzene rings is 2. The molecule has 0 fully saturated rings. The number of Topliss-reactive ketones (excluding diaryl/α,β-unsaturated/α-hetero) is 1. The maximum absolute atomic E-state index is 12.5. The summed E-state index contributed by atoms with van der Waals surface area (Å²) in [6.45, 7) is 5.39. The van der Waals surface area contributed by atoms with Gasteiger partial charge in [0.1, 0.15) is 17.1 Å². The van der Waals surface area contributed by atoms with Crippen LogP contribution in [0.3, 0.4) is 0 Å². The van der Waals surface area contributed by atoms with Gasteiger partial charge in [-0.25, -0.2) is 0 Å². The van der Waals surface area contributed by atoms with Crippen LogP contribution in [0.1, 0.15) is 37.6 Å². The molecule has 1 atom stereocenters. The molecule has 5 nitrogen and oxygen atoms in total. The van der Waals surface area contributed by atoms with Gasteiger partial charge >= 0.3 is 0 Å². The molecule has 1 heterocycles. The average molecular weight is 453 g/mol. The lowest BCUT2D eigenvalue weighted by Crippen LogP contribution is -2.36. The summed E-state index contributed by atoms with van der Waals surface area (Å²) in [5.41, 5.74) is 0.463. The molecule has 2 aromatic carbocycles. The third-order valence-electron chi connectivity index (χ3n) is 4.09. The maximum atomic E-state index is 12.5. The molecule has 27 heavy (non-hydrogen) atoms. The Morgan fingerprint density at radius 1 is 1.30 bits per heavy atom. The van der Waals surface area contributed by atoms with Crippen molar-refractivity contribution in [3.8, 4) is 11.5 Å². The highest BCUT2D eigenvalue weighted by atomic mass is 79.9. The fraction of sp³-hybridized carbons (Fsp3) is 0.300. The minimum atomic E-state index is -0.746. The van der Waals surface area contributed by atoms with Crippen molar-refractivity contribution >= 4 is 44.9 Å². The molecule has 1 aliphatic rings. The summed E-state index contributed by atoms with van der Waals surface area (Å²) in [6.07, 6.45) is -0.453. The molecular formula is C20H19BrClNO4. The molecule has 1 amide bonds. The van der Waals surface area contributed by atoms with Crippen molar-refractivity contribution in [3.05, 3.63) is 51.5 Å². The van der Waals surface area contributed by atoms with Crippen molar-refractivity contribution < 1.29 is 19.1 Å². The summed E-state index contributed by atoms with van der Waals surface area (Å²) >= 11 is 9.26. The number of carbonyl (C=O) groups is 2. The van der Waals surface area contributed by atoms with E-state index in [-0.39, 0.29) is 11.7 Å². The van der Waals surface area contributed by atoms with Gasteiger partial charge in [0.15, 0.2) is 11.9 Å². The molecule has 0 saturated heterocycles. The van der Waals surface area contributed by atoms with Crippen LogP contribution in [0.4, 0.5) is 5.69 Å². The van der Waals surface area contributed by atoms with Crippen molar-refractivity contribution in [1.29, 1.82) is 0 Å². The summed E-state index contributed by atoms with van der Waals surface area (Å²) in [7, 11) is 0. The molecule has 3 rings (SSSR count). The van der Waals surface area contributed by atoms with E-state index in [9.17, 15) is 9.59 Å². The van der Waals surface area contributed by atoms with Crippen LogP contribution in [0.5, 0.6) is 11.5 Å². The number of halogens is 2. The van der Waals surface area contributed by atoms with Crippen molar-refractivity contribution in [2.24, 2.45) is 0 Å². The fourth-order valence-corrected chi connectivity index (χ4v) is 3.57. The van der Waals surface area contributed by atoms with Crippen molar-refractivity contribution in [3.63, 3.8) is 0 Å². The van der Waals surface area contributed by atoms with Crippen LogP contribution in [0.2, 0.25) is 5.02 Å². The van der Waals surface area contributed by atoms with Gasteiger partial charge in [-0.2, -0.15) is 0 Å². The lowest BCUT2D eigenvalue weighted by Gasteiger charge is -2.31. The van der Waals surface area contributed by atoms with E-state index >= 15 is 0 Å². The lowest BCUT2D eigenvalue weighted by atomic mass is 9.93. The van der Waals surface area contributed by atoms with E-state index in [0.717, 1.165) is 0 Å². The molecule has 0 spiro atoms. The van der Waals surface area contributed by atoms with Gasteiger partial charge in [0, 0.05) is 10.7 Å². The van der Waals surface area contributed by atoms with E-state index in [1.807, 2.05) is 13.8 Å². The average Bonchev–Trinajstić information content (AvgIpc) is 2.57. The Morgan fingerprint density at radius 3 is 2.74 bits per heavy atom. The van der Waals surface area contributed by atoms with Crippen LogP contribution in [0.25, 0.3) is 0 Å². The van der Waals surface area contributed by atoms with E-state index in [1.165, 1.54) is 0 Å². The first kappa shape index (κ1) is 19.7. The molecule has 1 unspecified atom stereocenters. The zero-order valence-corrected chi connectivity index (χ0v) is 17.5. The molecule has 2 aromatic rings. The van der Waals surface area contributed by atoms with Crippen LogP contribution >= 0.6 is 27.5 Å². The minimum absolute atomic E-state index is 0.00765. The molecule has 1 N–H and O–H groups in total. The molecular weight excluding hydrogens is 434 g/mol. The number of anilines is 1. The first-order valence-electron chi connectivity index (χ1n) is 8.43. The highest BCUT2D eigenvalue weighted by Gasteiger charge is 2.32. The Morgan fingerprint density at radius 2 is 2.04 bits per heavy atom. The Labute approximate surface area is 171 Å². The predicted octanol–water partition coefficient (Wildman–Crippen LogP) is 5.25. The lowest BCUT2D eigenvalue weighted by molar-refractivity contribution is -0.122. The maximum Gasteiger partial charge on any atom is 0.265 e. The van der Waals surface area contributed by atoms with Crippen molar-refractivity contribution in [2.45, 2.75) is 38.9 Å². The van der Waals surface area contributed by atoms with Crippen LogP contribution < -0.4 is 14.8 Å². The van der Waals surface area contributed by atoms with Crippen molar-refractivity contribution in [1.82, 2.24) is 0 Å². The van der Waals surface area contributed by atoms with Crippen LogP contribution in [-0.4, -0.2) is 23.4 Å². The molecule has 0 bridgehead atoms. The van der Waals surface area contributed by atoms with Gasteiger partial charge < -0.3 is 14.8 Å². The SMILES string of the molecule is CC(Oc1ccc(Cl)cc1Br)C(=O)Nc1ccc2c(c1)C(=O)CC(C)(C)O2. The van der Waals surface area contributed by atoms with Crippen molar-refractivity contribution in [2.75, 3.05) is 5.32 Å². The summed E-state index contributed by atoms with van der Waals surface area (Å²) in [6, 6.07) is 10.1. The van der Waals surface area contributed by atoms with E-state index in [0.29, 0.717) is 38.7 Å². The summed E-state index contributed by atoms with van der Waals surface area (Å²) < 4.78 is 12.2. The number of ketones is 1. The quantitative estimate of drug-likeness (QED) is 0.688. The smallest absolute Gasteiger partial charge is 0.265 e. The predicted molar refractivity (Wildman–Crippen MR) is 108 cm³/mol. The summed E-state index contributed by atoms with van der Waals surface area (Å²) in [5.74, 6) is 0.704. The molecule has 7 heteroatoms. The Kier molecular flexibility index (Phi) is 5.49. The highest BCUT2D eigenvalue weighted by molar-refractivity contribution is 9.10. The van der Waals surface area contributed by atoms with Crippen LogP contribution in [-0.2, 0) is 4.79 Å². The second-order valence-corrected chi connectivity index (χ2v) is 8.29. The molecule has 0 aromatic heterocycles. The monoisotopic (exact) mass is 451 g/mol. The molecule has 142 valence electrons. The number of hydrogen-bond donors (Lipinski definition) is 1. The number of hydrogen-bond acceptors (Lipinski definition) is 4. The highest BCUT2D eigenvalue weighted by Crippen LogP contribution is 2.34. The normalized spacial score (nSPS) is 16.1. The van der Waals surface area contributed by atoms with Gasteiger partial charge in [0.2, 0.25) is 0 Å². The zero-order chi connectivity index (χ0) is 19.8. The van der Waals surface area contributed by atoms with Gasteiger partial charge in [-0.3, -0.25) is 9.59 Å². The number of carbonyl (C=O) groups excluding carboxylic acids is 2. The topological polar surface area (TPSA) is 64.6 Å². The van der Waals surface area contributed by atoms with Crippen LogP contribution in [0, 0.1) is 0 Å². The van der Waals surface area contributed by atoms with E-state index in [2.05, 4.69) is 21.2 Å². The standard InChI is InChI=1S/C20H19BrClNO4/c1-11(26-18-6-4-12(22)8-15(18)21)19(25)23-13-5-7-17-14(9-13)16(24)10-20(2,3)27-17/h4-9,11H,10H2,1-3H3,(H,23,25). The van der Waals surface area contributed by atoms with Gasteiger partial charge in [0.25, 0.3) is 5.91 Å². The third kappa shape index (κ3) is 4.62. The molecule has 1 aliphatic heterocycles. The number of ether oxygens (including phenoxy) is 2. The zero-order valence-electron chi connectivity index (χ0n) is 15.1. The Hall–Kier alpha value is -2.05. The Balaban J connectivity index is 1.71. The fourth-order valence-electron chi connectivity index (χ4n) is 2.79. The van der Waals surface area contributed by atoms with E-state index < -0.39 is 11.7 Å². The Bertz CT molecular complexity index is 913. The number of nitrogens with one attached hydrogen (secondary N) is 1. The number of fused-ring (bicyclic) bond motifs is 1. The second-order valence-electron chi connectivity index (χ2n) is 7.00. The number of amides is 1. The number of rotatable bonds is 4. The van der Waals surface area contributed by atoms with Gasteiger partial charge in [-0.15, -0.1) is 0 Å². The first-order chi connectivity index (χ1) is 12.6. The van der Waals surface area contributed by atoms with E-state index in [1.54, 1.807) is 43.3 Å². The molecule has 0 radical (unpaired) electrons. The first-order valence-corrected chi connectivity index (χ1v) is 9.60. The molecule has 0 aliphatic carbocycles. The summed E-state index contributed by atoms with van der Waals surface area (Å²) in [4.78, 5) is 24.8. The second kappa shape index (κ2) is 7.52.